The zero-order valence-electron chi connectivity index (χ0n) is 9.17. The van der Waals surface area contributed by atoms with Crippen LogP contribution < -0.4 is 0 Å². The SMILES string of the molecule is N#C/C=C(\c1ccccc1)c1ccc(O)cc1. The van der Waals surface area contributed by atoms with Gasteiger partial charge >= 0.3 is 0 Å². The highest BCUT2D eigenvalue weighted by atomic mass is 16.3. The van der Waals surface area contributed by atoms with Crippen LogP contribution in [0.3, 0.4) is 0 Å². The van der Waals surface area contributed by atoms with Gasteiger partial charge in [0.05, 0.1) is 6.07 Å². The molecule has 2 nitrogen and oxygen atoms in total. The number of rotatable bonds is 2. The summed E-state index contributed by atoms with van der Waals surface area (Å²) in [5, 5.41) is 18.1. The van der Waals surface area contributed by atoms with Crippen molar-refractivity contribution in [1.29, 1.82) is 5.26 Å². The smallest absolute Gasteiger partial charge is 0.115 e. The normalized spacial score (nSPS) is 10.9. The number of hydrogen-bond donors (Lipinski definition) is 1. The Morgan fingerprint density at radius 1 is 0.941 bits per heavy atom. The molecular formula is C15H11NO. The zero-order chi connectivity index (χ0) is 12.1. The van der Waals surface area contributed by atoms with Crippen LogP contribution in [0.2, 0.25) is 0 Å². The molecule has 17 heavy (non-hydrogen) atoms. The van der Waals surface area contributed by atoms with E-state index in [1.165, 1.54) is 6.08 Å². The minimum Gasteiger partial charge on any atom is -0.508 e. The molecule has 0 bridgehead atoms. The summed E-state index contributed by atoms with van der Waals surface area (Å²) in [6.07, 6.45) is 1.52. The molecule has 0 saturated carbocycles. The second-order valence-corrected chi connectivity index (χ2v) is 3.60. The first kappa shape index (κ1) is 11.0. The Kier molecular flexibility index (Phi) is 3.23. The highest BCUT2D eigenvalue weighted by Crippen LogP contribution is 2.24. The van der Waals surface area contributed by atoms with E-state index in [2.05, 4.69) is 6.07 Å². The van der Waals surface area contributed by atoms with Crippen LogP contribution >= 0.6 is 0 Å². The van der Waals surface area contributed by atoms with Crippen LogP contribution in [0.1, 0.15) is 11.1 Å². The summed E-state index contributed by atoms with van der Waals surface area (Å²) in [6, 6.07) is 18.6. The Labute approximate surface area is 100 Å². The molecule has 2 heteroatoms. The molecule has 0 saturated heterocycles. The fraction of sp³-hybridized carbons (Fsp3) is 0. The van der Waals surface area contributed by atoms with Crippen LogP contribution in [0, 0.1) is 11.3 Å². The van der Waals surface area contributed by atoms with Gasteiger partial charge in [0, 0.05) is 6.08 Å². The average molecular weight is 221 g/mol. The van der Waals surface area contributed by atoms with Gasteiger partial charge in [0.25, 0.3) is 0 Å². The zero-order valence-corrected chi connectivity index (χ0v) is 9.17. The monoisotopic (exact) mass is 221 g/mol. The molecular weight excluding hydrogens is 210 g/mol. The number of benzene rings is 2. The van der Waals surface area contributed by atoms with E-state index < -0.39 is 0 Å². The molecule has 0 radical (unpaired) electrons. The predicted molar refractivity (Wildman–Crippen MR) is 67.2 cm³/mol. The van der Waals surface area contributed by atoms with Gasteiger partial charge in [-0.05, 0) is 28.8 Å². The lowest BCUT2D eigenvalue weighted by Gasteiger charge is -2.06. The van der Waals surface area contributed by atoms with E-state index in [1.807, 2.05) is 30.3 Å². The number of phenolic OH excluding ortho intramolecular Hbond substituents is 1. The van der Waals surface area contributed by atoms with Gasteiger partial charge in [-0.2, -0.15) is 5.26 Å². The molecule has 0 fully saturated rings. The van der Waals surface area contributed by atoms with Gasteiger partial charge in [-0.25, -0.2) is 0 Å². The fourth-order valence-electron chi connectivity index (χ4n) is 1.66. The van der Waals surface area contributed by atoms with Gasteiger partial charge in [0.1, 0.15) is 5.75 Å². The van der Waals surface area contributed by atoms with Gasteiger partial charge in [-0.15, -0.1) is 0 Å². The van der Waals surface area contributed by atoms with E-state index in [4.69, 9.17) is 5.26 Å². The van der Waals surface area contributed by atoms with Crippen molar-refractivity contribution in [3.05, 3.63) is 71.8 Å². The van der Waals surface area contributed by atoms with Crippen molar-refractivity contribution in [2.45, 2.75) is 0 Å². The van der Waals surface area contributed by atoms with Crippen LogP contribution in [0.4, 0.5) is 0 Å². The van der Waals surface area contributed by atoms with Gasteiger partial charge < -0.3 is 5.11 Å². The molecule has 0 amide bonds. The maximum absolute atomic E-state index is 9.25. The van der Waals surface area contributed by atoms with Crippen molar-refractivity contribution in [3.8, 4) is 11.8 Å². The van der Waals surface area contributed by atoms with Crippen LogP contribution in [0.5, 0.6) is 5.75 Å². The third-order valence-corrected chi connectivity index (χ3v) is 2.47. The van der Waals surface area contributed by atoms with E-state index in [1.54, 1.807) is 24.3 Å². The van der Waals surface area contributed by atoms with Crippen molar-refractivity contribution in [2.24, 2.45) is 0 Å². The molecule has 0 spiro atoms. The first-order valence-corrected chi connectivity index (χ1v) is 5.26. The van der Waals surface area contributed by atoms with E-state index >= 15 is 0 Å². The Morgan fingerprint density at radius 3 is 2.12 bits per heavy atom. The van der Waals surface area contributed by atoms with Crippen LogP contribution in [0.25, 0.3) is 5.57 Å². The molecule has 2 aromatic carbocycles. The molecule has 0 atom stereocenters. The molecule has 0 unspecified atom stereocenters. The minimum atomic E-state index is 0.220. The Bertz CT molecular complexity index is 562. The lowest BCUT2D eigenvalue weighted by molar-refractivity contribution is 0.475. The first-order chi connectivity index (χ1) is 8.31. The van der Waals surface area contributed by atoms with Crippen LogP contribution in [0.15, 0.2) is 60.7 Å². The molecule has 2 aromatic rings. The molecule has 0 aliphatic heterocycles. The van der Waals surface area contributed by atoms with Crippen LogP contribution in [-0.4, -0.2) is 5.11 Å². The van der Waals surface area contributed by atoms with Crippen molar-refractivity contribution in [2.75, 3.05) is 0 Å². The largest absolute Gasteiger partial charge is 0.508 e. The van der Waals surface area contributed by atoms with Gasteiger partial charge in [0.15, 0.2) is 0 Å². The van der Waals surface area contributed by atoms with E-state index in [0.29, 0.717) is 0 Å². The molecule has 0 aromatic heterocycles. The summed E-state index contributed by atoms with van der Waals surface area (Å²) in [4.78, 5) is 0. The predicted octanol–water partition coefficient (Wildman–Crippen LogP) is 3.35. The summed E-state index contributed by atoms with van der Waals surface area (Å²) < 4.78 is 0. The number of nitriles is 1. The topological polar surface area (TPSA) is 44.0 Å². The molecule has 0 heterocycles. The lowest BCUT2D eigenvalue weighted by atomic mass is 9.98. The molecule has 1 N–H and O–H groups in total. The molecule has 2 rings (SSSR count). The second kappa shape index (κ2) is 5.00. The second-order valence-electron chi connectivity index (χ2n) is 3.60. The maximum atomic E-state index is 9.25. The summed E-state index contributed by atoms with van der Waals surface area (Å²) in [6.45, 7) is 0. The number of phenols is 1. The standard InChI is InChI=1S/C15H11NO/c16-11-10-15(12-4-2-1-3-5-12)13-6-8-14(17)9-7-13/h1-10,17H/b15-10+. The number of hydrogen-bond acceptors (Lipinski definition) is 2. The van der Waals surface area contributed by atoms with E-state index in [0.717, 1.165) is 16.7 Å². The van der Waals surface area contributed by atoms with Crippen molar-refractivity contribution < 1.29 is 5.11 Å². The number of nitrogens with zero attached hydrogens (tertiary/aromatic N) is 1. The summed E-state index contributed by atoms with van der Waals surface area (Å²) >= 11 is 0. The molecule has 0 aliphatic carbocycles. The lowest BCUT2D eigenvalue weighted by Crippen LogP contribution is -1.86. The van der Waals surface area contributed by atoms with Crippen molar-refractivity contribution in [1.82, 2.24) is 0 Å². The van der Waals surface area contributed by atoms with Gasteiger partial charge in [0.2, 0.25) is 0 Å². The van der Waals surface area contributed by atoms with Crippen molar-refractivity contribution >= 4 is 5.57 Å². The fourth-order valence-corrected chi connectivity index (χ4v) is 1.66. The van der Waals surface area contributed by atoms with E-state index in [-0.39, 0.29) is 5.75 Å². The Balaban J connectivity index is 2.48. The third kappa shape index (κ3) is 2.53. The average Bonchev–Trinajstić information content (AvgIpc) is 2.38. The minimum absolute atomic E-state index is 0.220. The quantitative estimate of drug-likeness (QED) is 0.790. The van der Waals surface area contributed by atoms with Gasteiger partial charge in [-0.1, -0.05) is 42.5 Å². The summed E-state index contributed by atoms with van der Waals surface area (Å²) in [5.74, 6) is 0.220. The summed E-state index contributed by atoms with van der Waals surface area (Å²) in [5.41, 5.74) is 2.75. The molecule has 0 aliphatic rings. The Hall–Kier alpha value is -2.53. The third-order valence-electron chi connectivity index (χ3n) is 2.47. The van der Waals surface area contributed by atoms with E-state index in [9.17, 15) is 5.11 Å². The van der Waals surface area contributed by atoms with Crippen LogP contribution in [-0.2, 0) is 0 Å². The van der Waals surface area contributed by atoms with Gasteiger partial charge in [-0.3, -0.25) is 0 Å². The number of allylic oxidation sites excluding steroid dienone is 1. The van der Waals surface area contributed by atoms with Crippen molar-refractivity contribution in [3.63, 3.8) is 0 Å². The molecule has 82 valence electrons. The maximum Gasteiger partial charge on any atom is 0.115 e. The highest BCUT2D eigenvalue weighted by Gasteiger charge is 2.04. The highest BCUT2D eigenvalue weighted by molar-refractivity contribution is 5.81. The Morgan fingerprint density at radius 2 is 1.53 bits per heavy atom. The summed E-state index contributed by atoms with van der Waals surface area (Å²) in [7, 11) is 0. The number of aromatic hydroxyl groups is 1. The first-order valence-electron chi connectivity index (χ1n) is 5.26.